The van der Waals surface area contributed by atoms with Gasteiger partial charge in [0.15, 0.2) is 5.82 Å². The molecule has 4 heterocycles. The smallest absolute Gasteiger partial charge is 0.263 e. The van der Waals surface area contributed by atoms with Crippen molar-refractivity contribution in [3.63, 3.8) is 0 Å². The van der Waals surface area contributed by atoms with Gasteiger partial charge >= 0.3 is 0 Å². The Morgan fingerprint density at radius 1 is 1.19 bits per heavy atom. The van der Waals surface area contributed by atoms with Crippen LogP contribution in [0.1, 0.15) is 46.6 Å². The molecule has 2 aliphatic heterocycles. The summed E-state index contributed by atoms with van der Waals surface area (Å²) >= 11 is 1.45. The molecule has 2 aliphatic rings. The van der Waals surface area contributed by atoms with Crippen LogP contribution >= 0.6 is 11.3 Å². The Bertz CT molecular complexity index is 923. The van der Waals surface area contributed by atoms with Gasteiger partial charge in [0.05, 0.1) is 17.2 Å². The lowest BCUT2D eigenvalue weighted by atomic mass is 10.0. The van der Waals surface area contributed by atoms with Crippen LogP contribution in [0, 0.1) is 0 Å². The van der Waals surface area contributed by atoms with E-state index in [9.17, 15) is 13.2 Å². The van der Waals surface area contributed by atoms with E-state index in [1.807, 2.05) is 27.0 Å². The molecule has 4 rings (SSSR count). The van der Waals surface area contributed by atoms with Crippen LogP contribution in [-0.2, 0) is 23.0 Å². The van der Waals surface area contributed by atoms with Gasteiger partial charge in [0.1, 0.15) is 5.82 Å². The highest BCUT2D eigenvalue weighted by molar-refractivity contribution is 7.88. The maximum Gasteiger partial charge on any atom is 0.263 e. The van der Waals surface area contributed by atoms with E-state index in [0.717, 1.165) is 30.0 Å². The maximum absolute atomic E-state index is 12.7. The normalized spacial score (nSPS) is 21.7. The van der Waals surface area contributed by atoms with Gasteiger partial charge in [0, 0.05) is 32.6 Å². The van der Waals surface area contributed by atoms with E-state index in [0.29, 0.717) is 38.4 Å². The SMILES string of the molecule is CS(=O)(=O)N1CCCCC1c1nnc2n1CCN(C(=O)c1cccs1)CC2. The molecule has 0 N–H and O–H groups in total. The fraction of sp³-hybridized carbons (Fsp3) is 0.588. The van der Waals surface area contributed by atoms with Crippen molar-refractivity contribution in [1.29, 1.82) is 0 Å². The Morgan fingerprint density at radius 3 is 2.78 bits per heavy atom. The molecule has 27 heavy (non-hydrogen) atoms. The zero-order chi connectivity index (χ0) is 19.0. The Labute approximate surface area is 162 Å². The molecule has 1 unspecified atom stereocenters. The summed E-state index contributed by atoms with van der Waals surface area (Å²) in [7, 11) is -3.30. The quantitative estimate of drug-likeness (QED) is 0.767. The molecule has 0 aromatic carbocycles. The van der Waals surface area contributed by atoms with Gasteiger partial charge in [0.2, 0.25) is 10.0 Å². The molecule has 2 aromatic heterocycles. The summed E-state index contributed by atoms with van der Waals surface area (Å²) in [4.78, 5) is 15.2. The van der Waals surface area contributed by atoms with E-state index in [1.165, 1.54) is 17.6 Å². The molecular formula is C17H23N5O3S2. The number of fused-ring (bicyclic) bond motifs is 1. The molecule has 0 aliphatic carbocycles. The highest BCUT2D eigenvalue weighted by atomic mass is 32.2. The number of sulfonamides is 1. The highest BCUT2D eigenvalue weighted by Crippen LogP contribution is 2.32. The Balaban J connectivity index is 1.57. The van der Waals surface area contributed by atoms with Gasteiger partial charge in [-0.15, -0.1) is 21.5 Å². The van der Waals surface area contributed by atoms with E-state index >= 15 is 0 Å². The summed E-state index contributed by atoms with van der Waals surface area (Å²) in [5.74, 6) is 1.58. The largest absolute Gasteiger partial charge is 0.336 e. The molecule has 1 saturated heterocycles. The van der Waals surface area contributed by atoms with E-state index in [1.54, 1.807) is 4.31 Å². The molecule has 0 radical (unpaired) electrons. The van der Waals surface area contributed by atoms with Crippen LogP contribution < -0.4 is 0 Å². The van der Waals surface area contributed by atoms with E-state index in [4.69, 9.17) is 0 Å². The fourth-order valence-electron chi connectivity index (χ4n) is 3.91. The summed E-state index contributed by atoms with van der Waals surface area (Å²) < 4.78 is 28.0. The first-order valence-corrected chi connectivity index (χ1v) is 11.9. The van der Waals surface area contributed by atoms with Gasteiger partial charge < -0.3 is 9.47 Å². The predicted molar refractivity (Wildman–Crippen MR) is 102 cm³/mol. The molecule has 0 bridgehead atoms. The van der Waals surface area contributed by atoms with Crippen molar-refractivity contribution < 1.29 is 13.2 Å². The molecule has 10 heteroatoms. The Hall–Kier alpha value is -1.78. The molecule has 1 atom stereocenters. The van der Waals surface area contributed by atoms with Gasteiger partial charge in [-0.25, -0.2) is 8.42 Å². The lowest BCUT2D eigenvalue weighted by Gasteiger charge is -2.33. The molecular weight excluding hydrogens is 386 g/mol. The summed E-state index contributed by atoms with van der Waals surface area (Å²) in [6, 6.07) is 3.45. The Kier molecular flexibility index (Phi) is 5.04. The minimum atomic E-state index is -3.30. The van der Waals surface area contributed by atoms with Crippen LogP contribution in [-0.4, -0.2) is 64.2 Å². The molecule has 0 spiro atoms. The maximum atomic E-state index is 12.7. The van der Waals surface area contributed by atoms with Crippen molar-refractivity contribution in [1.82, 2.24) is 24.0 Å². The van der Waals surface area contributed by atoms with Crippen molar-refractivity contribution in [2.45, 2.75) is 38.3 Å². The molecule has 1 amide bonds. The zero-order valence-electron chi connectivity index (χ0n) is 15.2. The lowest BCUT2D eigenvalue weighted by molar-refractivity contribution is 0.0763. The number of carbonyl (C=O) groups excluding carboxylic acids is 1. The van der Waals surface area contributed by atoms with Crippen molar-refractivity contribution in [2.24, 2.45) is 0 Å². The average molecular weight is 410 g/mol. The van der Waals surface area contributed by atoms with E-state index in [2.05, 4.69) is 10.2 Å². The van der Waals surface area contributed by atoms with Crippen LogP contribution in [0.5, 0.6) is 0 Å². The van der Waals surface area contributed by atoms with Crippen molar-refractivity contribution in [2.75, 3.05) is 25.9 Å². The predicted octanol–water partition coefficient (Wildman–Crippen LogP) is 1.52. The number of hydrogen-bond donors (Lipinski definition) is 0. The minimum absolute atomic E-state index is 0.0423. The highest BCUT2D eigenvalue weighted by Gasteiger charge is 2.35. The van der Waals surface area contributed by atoms with Crippen LogP contribution in [0.15, 0.2) is 17.5 Å². The van der Waals surface area contributed by atoms with E-state index in [-0.39, 0.29) is 11.9 Å². The van der Waals surface area contributed by atoms with Crippen LogP contribution in [0.2, 0.25) is 0 Å². The zero-order valence-corrected chi connectivity index (χ0v) is 16.9. The van der Waals surface area contributed by atoms with E-state index < -0.39 is 10.0 Å². The number of hydrogen-bond acceptors (Lipinski definition) is 6. The van der Waals surface area contributed by atoms with Crippen molar-refractivity contribution in [3.8, 4) is 0 Å². The Morgan fingerprint density at radius 2 is 2.04 bits per heavy atom. The summed E-state index contributed by atoms with van der Waals surface area (Å²) in [6.07, 6.45) is 4.47. The second-order valence-electron chi connectivity index (χ2n) is 7.03. The van der Waals surface area contributed by atoms with Gasteiger partial charge in [-0.1, -0.05) is 12.5 Å². The average Bonchev–Trinajstić information content (AvgIpc) is 3.27. The number of rotatable bonds is 3. The molecule has 2 aromatic rings. The first-order chi connectivity index (χ1) is 12.9. The van der Waals surface area contributed by atoms with Gasteiger partial charge in [-0.3, -0.25) is 4.79 Å². The lowest BCUT2D eigenvalue weighted by Crippen LogP contribution is -2.39. The third kappa shape index (κ3) is 3.65. The topological polar surface area (TPSA) is 88.4 Å². The standard InChI is InChI=1S/C17H23N5O3S2/c1-27(24,25)22-8-3-2-5-13(22)16-19-18-15-7-9-20(10-11-21(15)16)17(23)14-6-4-12-26-14/h4,6,12-13H,2-3,5,7-11H2,1H3. The van der Waals surface area contributed by atoms with Crippen LogP contribution in [0.3, 0.4) is 0 Å². The minimum Gasteiger partial charge on any atom is -0.336 e. The molecule has 8 nitrogen and oxygen atoms in total. The number of aromatic nitrogens is 3. The van der Waals surface area contributed by atoms with Gasteiger partial charge in [0.25, 0.3) is 5.91 Å². The number of nitrogens with zero attached hydrogens (tertiary/aromatic N) is 5. The second-order valence-corrected chi connectivity index (χ2v) is 9.91. The monoisotopic (exact) mass is 409 g/mol. The molecule has 146 valence electrons. The second kappa shape index (κ2) is 7.33. The van der Waals surface area contributed by atoms with Gasteiger partial charge in [-0.2, -0.15) is 4.31 Å². The first-order valence-electron chi connectivity index (χ1n) is 9.17. The number of carbonyl (C=O) groups is 1. The van der Waals surface area contributed by atoms with Crippen molar-refractivity contribution >= 4 is 27.3 Å². The van der Waals surface area contributed by atoms with Crippen LogP contribution in [0.4, 0.5) is 0 Å². The first kappa shape index (κ1) is 18.6. The number of amides is 1. The molecule has 0 saturated carbocycles. The van der Waals surface area contributed by atoms with Crippen molar-refractivity contribution in [3.05, 3.63) is 34.0 Å². The summed E-state index contributed by atoms with van der Waals surface area (Å²) in [5, 5.41) is 10.6. The summed E-state index contributed by atoms with van der Waals surface area (Å²) in [5.41, 5.74) is 0. The van der Waals surface area contributed by atoms with Gasteiger partial charge in [-0.05, 0) is 24.3 Å². The van der Waals surface area contributed by atoms with Crippen LogP contribution in [0.25, 0.3) is 0 Å². The fourth-order valence-corrected chi connectivity index (χ4v) is 5.72. The molecule has 1 fully saturated rings. The third-order valence-electron chi connectivity index (χ3n) is 5.25. The third-order valence-corrected chi connectivity index (χ3v) is 7.40. The summed E-state index contributed by atoms with van der Waals surface area (Å²) in [6.45, 7) is 2.27. The number of piperidine rings is 1. The number of thiophene rings is 1.